The molecular formula is C18H19N7S. The molecule has 132 valence electrons. The Morgan fingerprint density at radius 3 is 2.77 bits per heavy atom. The second-order valence-electron chi connectivity index (χ2n) is 6.42. The summed E-state index contributed by atoms with van der Waals surface area (Å²) in [5.74, 6) is 1.02. The normalized spacial score (nSPS) is 15.8. The van der Waals surface area contributed by atoms with Crippen LogP contribution in [0.5, 0.6) is 0 Å². The summed E-state index contributed by atoms with van der Waals surface area (Å²) in [4.78, 5) is 11.7. The summed E-state index contributed by atoms with van der Waals surface area (Å²) in [6.07, 6.45) is 5.47. The van der Waals surface area contributed by atoms with Gasteiger partial charge in [-0.3, -0.25) is 10.00 Å². The molecule has 0 spiro atoms. The molecule has 0 bridgehead atoms. The molecule has 1 aliphatic rings. The lowest BCUT2D eigenvalue weighted by molar-refractivity contribution is 0.251. The number of H-pyrrole nitrogens is 1. The Morgan fingerprint density at radius 1 is 1.00 bits per heavy atom. The first-order valence-electron chi connectivity index (χ1n) is 8.71. The molecule has 7 nitrogen and oxygen atoms in total. The van der Waals surface area contributed by atoms with Crippen LogP contribution in [0.4, 0.5) is 5.82 Å². The number of hydrogen-bond donors (Lipinski definition) is 1. The van der Waals surface area contributed by atoms with Gasteiger partial charge >= 0.3 is 0 Å². The van der Waals surface area contributed by atoms with Gasteiger partial charge in [0, 0.05) is 56.2 Å². The van der Waals surface area contributed by atoms with Gasteiger partial charge in [-0.1, -0.05) is 0 Å². The van der Waals surface area contributed by atoms with E-state index < -0.39 is 0 Å². The molecule has 0 aromatic carbocycles. The van der Waals surface area contributed by atoms with Crippen molar-refractivity contribution >= 4 is 22.8 Å². The maximum Gasteiger partial charge on any atom is 0.153 e. The summed E-state index contributed by atoms with van der Waals surface area (Å²) in [6, 6.07) is 10.5. The summed E-state index contributed by atoms with van der Waals surface area (Å²) >= 11 is 1.83. The van der Waals surface area contributed by atoms with E-state index in [1.54, 1.807) is 12.4 Å². The van der Waals surface area contributed by atoms with E-state index >= 15 is 0 Å². The lowest BCUT2D eigenvalue weighted by atomic mass is 10.3. The Balaban J connectivity index is 1.22. The average Bonchev–Trinajstić information content (AvgIpc) is 3.42. The third-order valence-corrected chi connectivity index (χ3v) is 5.85. The molecule has 4 aromatic rings. The summed E-state index contributed by atoms with van der Waals surface area (Å²) in [6.45, 7) is 5.07. The lowest BCUT2D eigenvalue weighted by Gasteiger charge is -2.35. The zero-order chi connectivity index (χ0) is 17.3. The van der Waals surface area contributed by atoms with Gasteiger partial charge in [0.05, 0.1) is 10.6 Å². The largest absolute Gasteiger partial charge is 0.353 e. The molecular weight excluding hydrogens is 346 g/mol. The van der Waals surface area contributed by atoms with E-state index in [1.807, 2.05) is 34.2 Å². The molecule has 0 aliphatic carbocycles. The standard InChI is InChI=1S/C18H19N7S/c1-2-16(15-5-6-20-21-15)26-14(1)13-23-9-11-24(12-10-23)18-4-3-17-19-7-8-25(17)22-18/h1-8H,9-13H2,(H,20,21). The quantitative estimate of drug-likeness (QED) is 0.602. The van der Waals surface area contributed by atoms with Gasteiger partial charge in [0.2, 0.25) is 0 Å². The maximum atomic E-state index is 4.65. The van der Waals surface area contributed by atoms with Gasteiger partial charge in [0.25, 0.3) is 0 Å². The average molecular weight is 365 g/mol. The zero-order valence-electron chi connectivity index (χ0n) is 14.2. The topological polar surface area (TPSA) is 65.3 Å². The number of nitrogens with zero attached hydrogens (tertiary/aromatic N) is 6. The van der Waals surface area contributed by atoms with E-state index in [4.69, 9.17) is 0 Å². The van der Waals surface area contributed by atoms with Crippen molar-refractivity contribution in [3.8, 4) is 10.6 Å². The van der Waals surface area contributed by atoms with Gasteiger partial charge in [-0.2, -0.15) is 5.10 Å². The molecule has 0 amide bonds. The fraction of sp³-hybridized carbons (Fsp3) is 0.278. The van der Waals surface area contributed by atoms with Crippen molar-refractivity contribution in [2.45, 2.75) is 6.54 Å². The number of hydrogen-bond acceptors (Lipinski definition) is 6. The molecule has 4 aromatic heterocycles. The molecule has 0 unspecified atom stereocenters. The Bertz CT molecular complexity index is 996. The van der Waals surface area contributed by atoms with Crippen LogP contribution in [-0.4, -0.2) is 55.9 Å². The van der Waals surface area contributed by atoms with Crippen molar-refractivity contribution in [3.05, 3.63) is 53.8 Å². The van der Waals surface area contributed by atoms with Gasteiger partial charge in [0.15, 0.2) is 5.65 Å². The van der Waals surface area contributed by atoms with Crippen LogP contribution in [0.3, 0.4) is 0 Å². The van der Waals surface area contributed by atoms with E-state index in [0.29, 0.717) is 0 Å². The second-order valence-corrected chi connectivity index (χ2v) is 7.59. The van der Waals surface area contributed by atoms with E-state index in [9.17, 15) is 0 Å². The summed E-state index contributed by atoms with van der Waals surface area (Å²) in [7, 11) is 0. The number of aromatic nitrogens is 5. The number of piperazine rings is 1. The van der Waals surface area contributed by atoms with Gasteiger partial charge in [-0.05, 0) is 30.3 Å². The van der Waals surface area contributed by atoms with Crippen molar-refractivity contribution in [3.63, 3.8) is 0 Å². The molecule has 5 heterocycles. The van der Waals surface area contributed by atoms with Crippen LogP contribution in [-0.2, 0) is 6.54 Å². The molecule has 1 N–H and O–H groups in total. The SMILES string of the molecule is c1cc(-c2ccc(CN3CCN(c4ccc5nccn5n4)CC3)s2)[nH]n1. The maximum absolute atomic E-state index is 4.65. The first-order valence-corrected chi connectivity index (χ1v) is 9.53. The van der Waals surface area contributed by atoms with Gasteiger partial charge in [0.1, 0.15) is 5.82 Å². The first-order chi connectivity index (χ1) is 12.8. The molecule has 1 aliphatic heterocycles. The summed E-state index contributed by atoms with van der Waals surface area (Å²) in [5.41, 5.74) is 1.98. The molecule has 1 fully saturated rings. The van der Waals surface area contributed by atoms with Gasteiger partial charge in [-0.15, -0.1) is 16.4 Å². The third-order valence-electron chi connectivity index (χ3n) is 4.74. The molecule has 0 atom stereocenters. The predicted molar refractivity (Wildman–Crippen MR) is 102 cm³/mol. The number of thiophene rings is 1. The highest BCUT2D eigenvalue weighted by Crippen LogP contribution is 2.27. The van der Waals surface area contributed by atoms with E-state index in [2.05, 4.69) is 48.3 Å². The Morgan fingerprint density at radius 2 is 1.92 bits per heavy atom. The monoisotopic (exact) mass is 365 g/mol. The molecule has 5 rings (SSSR count). The first kappa shape index (κ1) is 15.5. The summed E-state index contributed by atoms with van der Waals surface area (Å²) < 4.78 is 1.84. The van der Waals surface area contributed by atoms with Crippen LogP contribution in [0, 0.1) is 0 Å². The van der Waals surface area contributed by atoms with E-state index in [0.717, 1.165) is 49.9 Å². The van der Waals surface area contributed by atoms with Crippen molar-refractivity contribution in [1.29, 1.82) is 0 Å². The fourth-order valence-corrected chi connectivity index (χ4v) is 4.36. The number of fused-ring (bicyclic) bond motifs is 1. The van der Waals surface area contributed by atoms with Gasteiger partial charge < -0.3 is 4.90 Å². The molecule has 0 saturated carbocycles. The Hall–Kier alpha value is -2.71. The highest BCUT2D eigenvalue weighted by molar-refractivity contribution is 7.15. The van der Waals surface area contributed by atoms with E-state index in [-0.39, 0.29) is 0 Å². The number of anilines is 1. The molecule has 26 heavy (non-hydrogen) atoms. The predicted octanol–water partition coefficient (Wildman–Crippen LogP) is 2.50. The second kappa shape index (κ2) is 6.54. The molecule has 1 saturated heterocycles. The Labute approximate surface area is 154 Å². The van der Waals surface area contributed by atoms with Crippen LogP contribution in [0.1, 0.15) is 4.88 Å². The third kappa shape index (κ3) is 2.97. The zero-order valence-corrected chi connectivity index (χ0v) is 15.1. The highest BCUT2D eigenvalue weighted by Gasteiger charge is 2.19. The number of aromatic amines is 1. The fourth-order valence-electron chi connectivity index (χ4n) is 3.33. The number of imidazole rings is 1. The van der Waals surface area contributed by atoms with Crippen molar-refractivity contribution < 1.29 is 0 Å². The summed E-state index contributed by atoms with van der Waals surface area (Å²) in [5, 5.41) is 11.7. The molecule has 0 radical (unpaired) electrons. The van der Waals surface area contributed by atoms with Crippen LogP contribution in [0.2, 0.25) is 0 Å². The van der Waals surface area contributed by atoms with Crippen molar-refractivity contribution in [1.82, 2.24) is 29.7 Å². The van der Waals surface area contributed by atoms with Crippen LogP contribution in [0.25, 0.3) is 16.2 Å². The Kier molecular flexibility index (Phi) is 3.91. The smallest absolute Gasteiger partial charge is 0.153 e. The minimum atomic E-state index is 0.887. The van der Waals surface area contributed by atoms with Crippen LogP contribution in [0.15, 0.2) is 48.9 Å². The minimum absolute atomic E-state index is 0.887. The highest BCUT2D eigenvalue weighted by atomic mass is 32.1. The van der Waals surface area contributed by atoms with Crippen molar-refractivity contribution in [2.24, 2.45) is 0 Å². The van der Waals surface area contributed by atoms with Crippen LogP contribution < -0.4 is 4.90 Å². The number of rotatable bonds is 4. The number of nitrogens with one attached hydrogen (secondary N) is 1. The van der Waals surface area contributed by atoms with Crippen molar-refractivity contribution in [2.75, 3.05) is 31.1 Å². The minimum Gasteiger partial charge on any atom is -0.353 e. The molecule has 8 heteroatoms. The van der Waals surface area contributed by atoms with Crippen LogP contribution >= 0.6 is 11.3 Å². The van der Waals surface area contributed by atoms with Gasteiger partial charge in [-0.25, -0.2) is 9.50 Å². The van der Waals surface area contributed by atoms with E-state index in [1.165, 1.54) is 9.75 Å². The lowest BCUT2D eigenvalue weighted by Crippen LogP contribution is -2.46.